The maximum absolute atomic E-state index is 13.4. The quantitative estimate of drug-likeness (QED) is 0.536. The third kappa shape index (κ3) is 4.24. The van der Waals surface area contributed by atoms with Crippen molar-refractivity contribution >= 4 is 11.5 Å². The van der Waals surface area contributed by atoms with Gasteiger partial charge in [-0.05, 0) is 29.4 Å². The lowest BCUT2D eigenvalue weighted by molar-refractivity contribution is -0.384. The zero-order chi connectivity index (χ0) is 23.8. The first kappa shape index (κ1) is 22.3. The molecule has 1 unspecified atom stereocenters. The number of non-ortho nitro benzene ring substituents is 1. The Morgan fingerprint density at radius 1 is 1.18 bits per heavy atom. The van der Waals surface area contributed by atoms with Crippen molar-refractivity contribution in [2.45, 2.75) is 39.0 Å². The van der Waals surface area contributed by atoms with Crippen molar-refractivity contribution in [3.8, 4) is 6.07 Å². The van der Waals surface area contributed by atoms with Crippen LogP contribution in [0.3, 0.4) is 0 Å². The minimum absolute atomic E-state index is 0.0392. The van der Waals surface area contributed by atoms with Gasteiger partial charge in [-0.15, -0.1) is 0 Å². The third-order valence-electron chi connectivity index (χ3n) is 6.37. The van der Waals surface area contributed by atoms with Crippen molar-refractivity contribution in [2.24, 2.45) is 11.1 Å². The van der Waals surface area contributed by atoms with E-state index in [1.54, 1.807) is 12.1 Å². The van der Waals surface area contributed by atoms with E-state index < -0.39 is 10.8 Å². The van der Waals surface area contributed by atoms with Gasteiger partial charge in [-0.3, -0.25) is 14.9 Å². The molecule has 0 saturated carbocycles. The van der Waals surface area contributed by atoms with Crippen molar-refractivity contribution in [1.82, 2.24) is 4.90 Å². The van der Waals surface area contributed by atoms with Crippen LogP contribution in [0.25, 0.3) is 0 Å². The zero-order valence-electron chi connectivity index (χ0n) is 18.7. The fourth-order valence-electron chi connectivity index (χ4n) is 4.87. The highest BCUT2D eigenvalue weighted by Crippen LogP contribution is 2.49. The summed E-state index contributed by atoms with van der Waals surface area (Å²) in [7, 11) is 0. The molecule has 7 heteroatoms. The molecule has 33 heavy (non-hydrogen) atoms. The molecule has 1 heterocycles. The number of rotatable bonds is 5. The molecule has 1 atom stereocenters. The lowest BCUT2D eigenvalue weighted by Crippen LogP contribution is -2.42. The van der Waals surface area contributed by atoms with Crippen LogP contribution in [-0.4, -0.2) is 22.2 Å². The summed E-state index contributed by atoms with van der Waals surface area (Å²) in [6.45, 7) is 4.63. The summed E-state index contributed by atoms with van der Waals surface area (Å²) < 4.78 is 0. The Kier molecular flexibility index (Phi) is 5.77. The van der Waals surface area contributed by atoms with Crippen LogP contribution >= 0.6 is 0 Å². The second kappa shape index (κ2) is 8.55. The highest BCUT2D eigenvalue weighted by atomic mass is 16.6. The number of hydrogen-bond donors (Lipinski definition) is 1. The van der Waals surface area contributed by atoms with Crippen LogP contribution in [0.2, 0.25) is 0 Å². The van der Waals surface area contributed by atoms with Gasteiger partial charge in [-0.1, -0.05) is 56.3 Å². The van der Waals surface area contributed by atoms with Gasteiger partial charge in [0.2, 0.25) is 0 Å². The summed E-state index contributed by atoms with van der Waals surface area (Å²) >= 11 is 0. The van der Waals surface area contributed by atoms with E-state index in [1.807, 2.05) is 49.1 Å². The zero-order valence-corrected chi connectivity index (χ0v) is 18.7. The number of nitrogens with two attached hydrogens (primary N) is 1. The molecule has 0 fully saturated rings. The van der Waals surface area contributed by atoms with Crippen LogP contribution in [0, 0.1) is 26.9 Å². The number of nitro groups is 1. The second-order valence-electron chi connectivity index (χ2n) is 9.38. The van der Waals surface area contributed by atoms with Crippen molar-refractivity contribution in [1.29, 1.82) is 5.26 Å². The largest absolute Gasteiger partial charge is 0.384 e. The Morgan fingerprint density at radius 2 is 1.91 bits per heavy atom. The molecule has 168 valence electrons. The lowest BCUT2D eigenvalue weighted by Gasteiger charge is -2.44. The molecule has 0 aromatic heterocycles. The number of ketones is 1. The van der Waals surface area contributed by atoms with Crippen LogP contribution < -0.4 is 5.73 Å². The molecular weight excluding hydrogens is 416 g/mol. The Hall–Kier alpha value is -3.92. The molecule has 4 rings (SSSR count). The average molecular weight is 443 g/mol. The Labute approximate surface area is 193 Å². The van der Waals surface area contributed by atoms with Gasteiger partial charge in [0.1, 0.15) is 5.82 Å². The van der Waals surface area contributed by atoms with Crippen molar-refractivity contribution < 1.29 is 9.72 Å². The first-order chi connectivity index (χ1) is 15.7. The Balaban J connectivity index is 1.85. The van der Waals surface area contributed by atoms with E-state index in [2.05, 4.69) is 6.07 Å². The van der Waals surface area contributed by atoms with Gasteiger partial charge < -0.3 is 10.6 Å². The van der Waals surface area contributed by atoms with Gasteiger partial charge in [0, 0.05) is 36.4 Å². The normalized spacial score (nSPS) is 19.8. The summed E-state index contributed by atoms with van der Waals surface area (Å²) in [5, 5.41) is 21.4. The molecule has 2 N–H and O–H groups in total. The highest BCUT2D eigenvalue weighted by molar-refractivity contribution is 6.00. The number of Topliss-reactive ketones (excluding diaryl/α,β-unsaturated/α-hetero) is 1. The van der Waals surface area contributed by atoms with Crippen molar-refractivity contribution in [3.63, 3.8) is 0 Å². The first-order valence-corrected chi connectivity index (χ1v) is 10.9. The summed E-state index contributed by atoms with van der Waals surface area (Å²) in [4.78, 5) is 26.3. The van der Waals surface area contributed by atoms with Crippen LogP contribution in [0.4, 0.5) is 5.69 Å². The van der Waals surface area contributed by atoms with Crippen LogP contribution in [0.15, 0.2) is 77.3 Å². The predicted molar refractivity (Wildman–Crippen MR) is 125 cm³/mol. The van der Waals surface area contributed by atoms with E-state index in [0.717, 1.165) is 11.3 Å². The Morgan fingerprint density at radius 3 is 2.58 bits per heavy atom. The summed E-state index contributed by atoms with van der Waals surface area (Å²) in [5.74, 6) is -0.432. The smallest absolute Gasteiger partial charge is 0.269 e. The van der Waals surface area contributed by atoms with Gasteiger partial charge in [-0.2, -0.15) is 5.26 Å². The summed E-state index contributed by atoms with van der Waals surface area (Å²) in [6, 6.07) is 18.3. The topological polar surface area (TPSA) is 113 Å². The van der Waals surface area contributed by atoms with Crippen LogP contribution in [0.1, 0.15) is 43.7 Å². The number of nitro benzene ring substituents is 1. The standard InChI is InChI=1S/C26H26N4O3/c1-26(2)14-21-24(22(31)15-26)23(18-9-6-10-19(13-18)30(32)33)20(16-27)25(28)29(21)12-11-17-7-4-3-5-8-17/h3-10,13,23H,11-12,14-15,28H2,1-2H3. The van der Waals surface area contributed by atoms with Crippen molar-refractivity contribution in [2.75, 3.05) is 6.54 Å². The molecule has 2 aromatic rings. The fraction of sp³-hybridized carbons (Fsp3) is 0.308. The highest BCUT2D eigenvalue weighted by Gasteiger charge is 2.44. The minimum Gasteiger partial charge on any atom is -0.384 e. The van der Waals surface area contributed by atoms with E-state index in [1.165, 1.54) is 12.1 Å². The van der Waals surface area contributed by atoms with E-state index in [-0.39, 0.29) is 22.5 Å². The SMILES string of the molecule is CC1(C)CC(=O)C2=C(C1)N(CCc1ccccc1)C(N)=C(C#N)C2c1cccc([N+](=O)[O-])c1. The van der Waals surface area contributed by atoms with E-state index in [9.17, 15) is 20.2 Å². The number of nitrogens with zero attached hydrogens (tertiary/aromatic N) is 3. The molecule has 0 spiro atoms. The van der Waals surface area contributed by atoms with E-state index in [4.69, 9.17) is 5.73 Å². The van der Waals surface area contributed by atoms with Crippen molar-refractivity contribution in [3.05, 3.63) is 98.5 Å². The third-order valence-corrected chi connectivity index (χ3v) is 6.37. The molecule has 0 bridgehead atoms. The van der Waals surface area contributed by atoms with Crippen LogP contribution in [-0.2, 0) is 11.2 Å². The predicted octanol–water partition coefficient (Wildman–Crippen LogP) is 4.57. The maximum atomic E-state index is 13.4. The van der Waals surface area contributed by atoms with E-state index in [0.29, 0.717) is 42.8 Å². The monoisotopic (exact) mass is 442 g/mol. The maximum Gasteiger partial charge on any atom is 0.269 e. The van der Waals surface area contributed by atoms with E-state index >= 15 is 0 Å². The fourth-order valence-corrected chi connectivity index (χ4v) is 4.87. The minimum atomic E-state index is -0.707. The second-order valence-corrected chi connectivity index (χ2v) is 9.38. The van der Waals surface area contributed by atoms with Gasteiger partial charge >= 0.3 is 0 Å². The molecule has 0 saturated heterocycles. The summed E-state index contributed by atoms with van der Waals surface area (Å²) in [5.41, 5.74) is 9.52. The molecule has 1 aliphatic heterocycles. The molecule has 2 aromatic carbocycles. The lowest BCUT2D eigenvalue weighted by atomic mass is 9.68. The molecule has 0 amide bonds. The molecule has 1 aliphatic carbocycles. The number of carbonyl (C=O) groups excluding carboxylic acids is 1. The molecule has 2 aliphatic rings. The molecule has 0 radical (unpaired) electrons. The average Bonchev–Trinajstić information content (AvgIpc) is 2.78. The number of allylic oxidation sites excluding steroid dienone is 3. The number of benzene rings is 2. The molecule has 7 nitrogen and oxygen atoms in total. The summed E-state index contributed by atoms with van der Waals surface area (Å²) in [6.07, 6.45) is 1.68. The number of nitriles is 1. The van der Waals surface area contributed by atoms with Gasteiger partial charge in [0.05, 0.1) is 22.5 Å². The number of carbonyl (C=O) groups is 1. The van der Waals surface area contributed by atoms with Gasteiger partial charge in [-0.25, -0.2) is 0 Å². The van der Waals surface area contributed by atoms with Gasteiger partial charge in [0.25, 0.3) is 5.69 Å². The Bertz CT molecular complexity index is 1220. The van der Waals surface area contributed by atoms with Crippen LogP contribution in [0.5, 0.6) is 0 Å². The van der Waals surface area contributed by atoms with Gasteiger partial charge in [0.15, 0.2) is 5.78 Å². The molecular formula is C26H26N4O3. The number of hydrogen-bond acceptors (Lipinski definition) is 6. The first-order valence-electron chi connectivity index (χ1n) is 10.9.